The van der Waals surface area contributed by atoms with Gasteiger partial charge < -0.3 is 9.47 Å². The van der Waals surface area contributed by atoms with E-state index in [-0.39, 0.29) is 0 Å². The number of aromatic nitrogens is 1. The molecule has 0 aliphatic rings. The largest absolute Gasteiger partial charge is 0.439 e. The van der Waals surface area contributed by atoms with Crippen LogP contribution in [0.15, 0.2) is 42.5 Å². The minimum absolute atomic E-state index is 0.334. The first kappa shape index (κ1) is 12.1. The predicted molar refractivity (Wildman–Crippen MR) is 66.2 cm³/mol. The van der Waals surface area contributed by atoms with Crippen molar-refractivity contribution in [1.82, 2.24) is 4.98 Å². The lowest BCUT2D eigenvalue weighted by Gasteiger charge is -2.06. The third-order valence-corrected chi connectivity index (χ3v) is 2.27. The molecule has 4 heteroatoms. The van der Waals surface area contributed by atoms with Gasteiger partial charge in [0.15, 0.2) is 0 Å². The lowest BCUT2D eigenvalue weighted by Crippen LogP contribution is -1.92. The zero-order chi connectivity index (χ0) is 12.8. The molecular formula is C14H12N2O2. The van der Waals surface area contributed by atoms with Crippen molar-refractivity contribution in [2.75, 3.05) is 7.11 Å². The van der Waals surface area contributed by atoms with Crippen molar-refractivity contribution in [2.24, 2.45) is 0 Å². The fourth-order valence-corrected chi connectivity index (χ4v) is 1.52. The highest BCUT2D eigenvalue weighted by atomic mass is 16.5. The third-order valence-electron chi connectivity index (χ3n) is 2.27. The number of rotatable bonds is 4. The zero-order valence-electron chi connectivity index (χ0n) is 9.96. The fraction of sp³-hybridized carbons (Fsp3) is 0.143. The molecule has 90 valence electrons. The number of hydrogen-bond acceptors (Lipinski definition) is 4. The van der Waals surface area contributed by atoms with Gasteiger partial charge in [-0.25, -0.2) is 4.98 Å². The number of hydrogen-bond donors (Lipinski definition) is 0. The van der Waals surface area contributed by atoms with Gasteiger partial charge >= 0.3 is 0 Å². The van der Waals surface area contributed by atoms with Crippen LogP contribution in [-0.2, 0) is 11.3 Å². The average Bonchev–Trinajstić information content (AvgIpc) is 2.40. The normalized spacial score (nSPS) is 9.78. The van der Waals surface area contributed by atoms with Crippen molar-refractivity contribution in [3.05, 3.63) is 53.7 Å². The Labute approximate surface area is 105 Å². The fourth-order valence-electron chi connectivity index (χ4n) is 1.52. The molecule has 0 fully saturated rings. The van der Waals surface area contributed by atoms with Gasteiger partial charge in [0, 0.05) is 13.2 Å². The summed E-state index contributed by atoms with van der Waals surface area (Å²) >= 11 is 0. The monoisotopic (exact) mass is 240 g/mol. The maximum Gasteiger partial charge on any atom is 0.220 e. The van der Waals surface area contributed by atoms with Gasteiger partial charge in [-0.15, -0.1) is 0 Å². The molecular weight excluding hydrogens is 228 g/mol. The quantitative estimate of drug-likeness (QED) is 0.824. The second-order valence-corrected chi connectivity index (χ2v) is 3.66. The van der Waals surface area contributed by atoms with Gasteiger partial charge in [0.25, 0.3) is 0 Å². The van der Waals surface area contributed by atoms with Crippen molar-refractivity contribution in [3.8, 4) is 17.7 Å². The van der Waals surface area contributed by atoms with E-state index in [1.807, 2.05) is 30.3 Å². The van der Waals surface area contributed by atoms with E-state index >= 15 is 0 Å². The lowest BCUT2D eigenvalue weighted by atomic mass is 10.2. The third kappa shape index (κ3) is 3.06. The highest BCUT2D eigenvalue weighted by Crippen LogP contribution is 2.20. The Morgan fingerprint density at radius 2 is 2.06 bits per heavy atom. The van der Waals surface area contributed by atoms with Crippen LogP contribution >= 0.6 is 0 Å². The van der Waals surface area contributed by atoms with Crippen molar-refractivity contribution in [2.45, 2.75) is 6.61 Å². The van der Waals surface area contributed by atoms with Crippen LogP contribution in [0, 0.1) is 11.3 Å². The smallest absolute Gasteiger partial charge is 0.220 e. The van der Waals surface area contributed by atoms with Gasteiger partial charge in [-0.2, -0.15) is 5.26 Å². The minimum atomic E-state index is 0.334. The zero-order valence-corrected chi connectivity index (χ0v) is 9.96. The molecule has 1 aromatic heterocycles. The Bertz CT molecular complexity index is 576. The minimum Gasteiger partial charge on any atom is -0.439 e. The molecule has 0 saturated heterocycles. The van der Waals surface area contributed by atoms with Gasteiger partial charge in [0.2, 0.25) is 5.88 Å². The summed E-state index contributed by atoms with van der Waals surface area (Å²) in [4.78, 5) is 4.05. The maximum absolute atomic E-state index is 8.76. The van der Waals surface area contributed by atoms with Crippen molar-refractivity contribution in [1.29, 1.82) is 5.26 Å². The molecule has 0 N–H and O–H groups in total. The molecule has 0 bridgehead atoms. The molecule has 0 atom stereocenters. The summed E-state index contributed by atoms with van der Waals surface area (Å²) in [5.74, 6) is 1.08. The molecule has 4 nitrogen and oxygen atoms in total. The van der Waals surface area contributed by atoms with E-state index in [1.165, 1.54) is 0 Å². The number of ether oxygens (including phenoxy) is 2. The summed E-state index contributed by atoms with van der Waals surface area (Å²) in [6.07, 6.45) is 0. The van der Waals surface area contributed by atoms with Crippen LogP contribution in [0.5, 0.6) is 11.6 Å². The topological polar surface area (TPSA) is 55.1 Å². The van der Waals surface area contributed by atoms with Gasteiger partial charge in [-0.05, 0) is 23.8 Å². The SMILES string of the molecule is COCc1cccc(Oc2cccc(C#N)n2)c1. The van der Waals surface area contributed by atoms with Crippen molar-refractivity contribution in [3.63, 3.8) is 0 Å². The summed E-state index contributed by atoms with van der Waals surface area (Å²) in [6.45, 7) is 0.531. The van der Waals surface area contributed by atoms with Crippen LogP contribution in [0.25, 0.3) is 0 Å². The Balaban J connectivity index is 2.18. The second kappa shape index (κ2) is 5.80. The molecule has 2 aromatic rings. The molecule has 0 spiro atoms. The summed E-state index contributed by atoms with van der Waals surface area (Å²) < 4.78 is 10.6. The molecule has 2 rings (SSSR count). The van der Waals surface area contributed by atoms with E-state index in [1.54, 1.807) is 25.3 Å². The standard InChI is InChI=1S/C14H12N2O2/c1-17-10-11-4-2-6-13(8-11)18-14-7-3-5-12(9-15)16-14/h2-8H,10H2,1H3. The molecule has 0 saturated carbocycles. The first-order valence-corrected chi connectivity index (χ1v) is 5.44. The molecule has 1 heterocycles. The number of benzene rings is 1. The molecule has 0 radical (unpaired) electrons. The Morgan fingerprint density at radius 1 is 1.22 bits per heavy atom. The van der Waals surface area contributed by atoms with E-state index in [4.69, 9.17) is 14.7 Å². The van der Waals surface area contributed by atoms with Gasteiger partial charge in [-0.1, -0.05) is 18.2 Å². The summed E-state index contributed by atoms with van der Waals surface area (Å²) in [7, 11) is 1.64. The number of nitrogens with zero attached hydrogens (tertiary/aromatic N) is 2. The van der Waals surface area contributed by atoms with E-state index in [9.17, 15) is 0 Å². The number of pyridine rings is 1. The van der Waals surface area contributed by atoms with Crippen molar-refractivity contribution >= 4 is 0 Å². The van der Waals surface area contributed by atoms with Gasteiger partial charge in [0.05, 0.1) is 6.61 Å². The van der Waals surface area contributed by atoms with Crippen LogP contribution < -0.4 is 4.74 Å². The molecule has 18 heavy (non-hydrogen) atoms. The molecule has 1 aromatic carbocycles. The van der Waals surface area contributed by atoms with Crippen LogP contribution in [-0.4, -0.2) is 12.1 Å². The van der Waals surface area contributed by atoms with Crippen LogP contribution in [0.4, 0.5) is 0 Å². The lowest BCUT2D eigenvalue weighted by molar-refractivity contribution is 0.184. The summed E-state index contributed by atoms with van der Waals surface area (Å²) in [5.41, 5.74) is 1.35. The Hall–Kier alpha value is -2.38. The molecule has 0 aliphatic carbocycles. The molecule has 0 unspecified atom stereocenters. The Kier molecular flexibility index (Phi) is 3.90. The van der Waals surface area contributed by atoms with Crippen LogP contribution in [0.2, 0.25) is 0 Å². The van der Waals surface area contributed by atoms with Crippen LogP contribution in [0.3, 0.4) is 0 Å². The van der Waals surface area contributed by atoms with Crippen molar-refractivity contribution < 1.29 is 9.47 Å². The maximum atomic E-state index is 8.76. The number of methoxy groups -OCH3 is 1. The van der Waals surface area contributed by atoms with Gasteiger partial charge in [0.1, 0.15) is 17.5 Å². The highest BCUT2D eigenvalue weighted by molar-refractivity contribution is 5.32. The predicted octanol–water partition coefficient (Wildman–Crippen LogP) is 2.89. The Morgan fingerprint density at radius 3 is 2.83 bits per heavy atom. The van der Waals surface area contributed by atoms with E-state index in [2.05, 4.69) is 4.98 Å². The first-order valence-electron chi connectivity index (χ1n) is 5.44. The van der Waals surface area contributed by atoms with Crippen LogP contribution in [0.1, 0.15) is 11.3 Å². The summed E-state index contributed by atoms with van der Waals surface area (Å²) in [5, 5.41) is 8.76. The van der Waals surface area contributed by atoms with E-state index in [0.717, 1.165) is 5.56 Å². The number of nitriles is 1. The average molecular weight is 240 g/mol. The van der Waals surface area contributed by atoms with E-state index < -0.39 is 0 Å². The first-order chi connectivity index (χ1) is 8.81. The van der Waals surface area contributed by atoms with E-state index in [0.29, 0.717) is 23.9 Å². The molecule has 0 aliphatic heterocycles. The van der Waals surface area contributed by atoms with Gasteiger partial charge in [-0.3, -0.25) is 0 Å². The highest BCUT2D eigenvalue weighted by Gasteiger charge is 2.01. The molecule has 0 amide bonds. The summed E-state index contributed by atoms with van der Waals surface area (Å²) in [6, 6.07) is 14.6. The second-order valence-electron chi connectivity index (χ2n) is 3.66.